The molecule has 0 heterocycles. The molecule has 0 N–H and O–H groups in total. The zero-order chi connectivity index (χ0) is 9.90. The Bertz CT molecular complexity index is 144. The van der Waals surface area contributed by atoms with Crippen LogP contribution in [0.25, 0.3) is 0 Å². The summed E-state index contributed by atoms with van der Waals surface area (Å²) in [7, 11) is 0. The smallest absolute Gasteiger partial charge is 0.0352 e. The molecule has 0 aromatic rings. The Balaban J connectivity index is 2.26. The van der Waals surface area contributed by atoms with Crippen LogP contribution < -0.4 is 0 Å². The van der Waals surface area contributed by atoms with Gasteiger partial charge in [0.15, 0.2) is 0 Å². The molecular formula is C13H26. The highest BCUT2D eigenvalue weighted by Gasteiger charge is 2.27. The van der Waals surface area contributed by atoms with Crippen LogP contribution in [0.2, 0.25) is 0 Å². The molecule has 1 aliphatic rings. The van der Waals surface area contributed by atoms with Crippen LogP contribution in [0.4, 0.5) is 0 Å². The molecule has 1 fully saturated rings. The molecule has 0 bridgehead atoms. The van der Waals surface area contributed by atoms with Crippen molar-refractivity contribution in [3.63, 3.8) is 0 Å². The average Bonchev–Trinajstić information content (AvgIpc) is 1.99. The Morgan fingerprint density at radius 2 is 2.00 bits per heavy atom. The van der Waals surface area contributed by atoms with E-state index in [1.165, 1.54) is 38.5 Å². The first kappa shape index (κ1) is 11.1. The molecule has 0 nitrogen and oxygen atoms in total. The van der Waals surface area contributed by atoms with Crippen molar-refractivity contribution < 1.29 is 0 Å². The van der Waals surface area contributed by atoms with Gasteiger partial charge in [-0.1, -0.05) is 53.4 Å². The van der Waals surface area contributed by atoms with Crippen LogP contribution in [0, 0.1) is 17.3 Å². The third kappa shape index (κ3) is 4.15. The average molecular weight is 182 g/mol. The van der Waals surface area contributed by atoms with E-state index in [0.717, 1.165) is 11.8 Å². The Kier molecular flexibility index (Phi) is 3.82. The van der Waals surface area contributed by atoms with Crippen molar-refractivity contribution in [3.05, 3.63) is 0 Å². The lowest BCUT2D eigenvalue weighted by Gasteiger charge is -2.35. The van der Waals surface area contributed by atoms with Crippen molar-refractivity contribution >= 4 is 0 Å². The fraction of sp³-hybridized carbons (Fsp3) is 1.00. The van der Waals surface area contributed by atoms with Gasteiger partial charge in [0, 0.05) is 0 Å². The van der Waals surface area contributed by atoms with Crippen molar-refractivity contribution in [2.24, 2.45) is 17.3 Å². The van der Waals surface area contributed by atoms with Gasteiger partial charge in [0.25, 0.3) is 0 Å². The summed E-state index contributed by atoms with van der Waals surface area (Å²) < 4.78 is 0. The van der Waals surface area contributed by atoms with E-state index in [0.29, 0.717) is 5.41 Å². The van der Waals surface area contributed by atoms with Gasteiger partial charge in [0.05, 0.1) is 0 Å². The minimum absolute atomic E-state index is 0.639. The van der Waals surface area contributed by atoms with Crippen LogP contribution in [-0.4, -0.2) is 0 Å². The molecule has 0 amide bonds. The Labute approximate surface area is 84.1 Å². The molecule has 1 saturated carbocycles. The standard InChI is InChI=1S/C13H26/c1-11(2)7-8-12-6-5-9-13(3,4)10-12/h11-12H,5-10H2,1-4H3/t12-/m0/s1. The van der Waals surface area contributed by atoms with Crippen molar-refractivity contribution in [2.75, 3.05) is 0 Å². The lowest BCUT2D eigenvalue weighted by atomic mass is 9.71. The molecule has 0 spiro atoms. The van der Waals surface area contributed by atoms with Crippen LogP contribution >= 0.6 is 0 Å². The molecule has 0 aromatic heterocycles. The predicted octanol–water partition coefficient (Wildman–Crippen LogP) is 4.64. The van der Waals surface area contributed by atoms with Crippen LogP contribution in [-0.2, 0) is 0 Å². The molecule has 1 atom stereocenters. The third-order valence-electron chi connectivity index (χ3n) is 3.46. The zero-order valence-corrected chi connectivity index (χ0v) is 9.90. The maximum atomic E-state index is 2.44. The molecule has 13 heavy (non-hydrogen) atoms. The highest BCUT2D eigenvalue weighted by molar-refractivity contribution is 4.79. The number of rotatable bonds is 3. The van der Waals surface area contributed by atoms with Crippen molar-refractivity contribution in [3.8, 4) is 0 Å². The summed E-state index contributed by atoms with van der Waals surface area (Å²) in [4.78, 5) is 0. The van der Waals surface area contributed by atoms with Gasteiger partial charge in [0.1, 0.15) is 0 Å². The van der Waals surface area contributed by atoms with Crippen LogP contribution in [0.1, 0.15) is 66.2 Å². The predicted molar refractivity (Wildman–Crippen MR) is 59.8 cm³/mol. The zero-order valence-electron chi connectivity index (χ0n) is 9.90. The van der Waals surface area contributed by atoms with Crippen molar-refractivity contribution in [1.82, 2.24) is 0 Å². The SMILES string of the molecule is CC(C)CC[C@@H]1CCCC(C)(C)C1. The Hall–Kier alpha value is 0. The second-order valence-corrected chi connectivity index (χ2v) is 6.10. The summed E-state index contributed by atoms with van der Waals surface area (Å²) in [5.41, 5.74) is 0.639. The van der Waals surface area contributed by atoms with Crippen LogP contribution in [0.3, 0.4) is 0 Å². The first-order valence-corrected chi connectivity index (χ1v) is 5.99. The fourth-order valence-electron chi connectivity index (χ4n) is 2.67. The normalized spacial score (nSPS) is 27.9. The summed E-state index contributed by atoms with van der Waals surface area (Å²) in [6, 6.07) is 0. The summed E-state index contributed by atoms with van der Waals surface area (Å²) >= 11 is 0. The topological polar surface area (TPSA) is 0 Å². The Morgan fingerprint density at radius 1 is 1.31 bits per heavy atom. The molecule has 0 aliphatic heterocycles. The van der Waals surface area contributed by atoms with Crippen molar-refractivity contribution in [2.45, 2.75) is 66.2 Å². The Morgan fingerprint density at radius 3 is 2.54 bits per heavy atom. The fourth-order valence-corrected chi connectivity index (χ4v) is 2.67. The summed E-state index contributed by atoms with van der Waals surface area (Å²) in [6.45, 7) is 9.56. The lowest BCUT2D eigenvalue weighted by Crippen LogP contribution is -2.22. The summed E-state index contributed by atoms with van der Waals surface area (Å²) in [5.74, 6) is 1.93. The van der Waals surface area contributed by atoms with Gasteiger partial charge in [-0.3, -0.25) is 0 Å². The van der Waals surface area contributed by atoms with E-state index in [4.69, 9.17) is 0 Å². The van der Waals surface area contributed by atoms with Gasteiger partial charge >= 0.3 is 0 Å². The van der Waals surface area contributed by atoms with E-state index in [2.05, 4.69) is 27.7 Å². The van der Waals surface area contributed by atoms with Gasteiger partial charge in [-0.2, -0.15) is 0 Å². The molecule has 1 rings (SSSR count). The number of hydrogen-bond donors (Lipinski definition) is 0. The molecule has 0 aromatic carbocycles. The monoisotopic (exact) mass is 182 g/mol. The molecule has 1 aliphatic carbocycles. The van der Waals surface area contributed by atoms with E-state index >= 15 is 0 Å². The van der Waals surface area contributed by atoms with Gasteiger partial charge in [0.2, 0.25) is 0 Å². The van der Waals surface area contributed by atoms with Crippen LogP contribution in [0.15, 0.2) is 0 Å². The maximum absolute atomic E-state index is 2.44. The van der Waals surface area contributed by atoms with E-state index in [1.54, 1.807) is 0 Å². The molecule has 0 saturated heterocycles. The molecule has 78 valence electrons. The largest absolute Gasteiger partial charge is 0.0628 e. The molecular weight excluding hydrogens is 156 g/mol. The number of hydrogen-bond acceptors (Lipinski definition) is 0. The van der Waals surface area contributed by atoms with E-state index in [9.17, 15) is 0 Å². The van der Waals surface area contributed by atoms with Gasteiger partial charge in [-0.25, -0.2) is 0 Å². The van der Waals surface area contributed by atoms with Crippen molar-refractivity contribution in [1.29, 1.82) is 0 Å². The second-order valence-electron chi connectivity index (χ2n) is 6.10. The van der Waals surface area contributed by atoms with E-state index < -0.39 is 0 Å². The van der Waals surface area contributed by atoms with Crippen LogP contribution in [0.5, 0.6) is 0 Å². The highest BCUT2D eigenvalue weighted by atomic mass is 14.3. The minimum atomic E-state index is 0.639. The quantitative estimate of drug-likeness (QED) is 0.596. The van der Waals surface area contributed by atoms with E-state index in [-0.39, 0.29) is 0 Å². The summed E-state index contributed by atoms with van der Waals surface area (Å²) in [6.07, 6.45) is 8.79. The summed E-state index contributed by atoms with van der Waals surface area (Å²) in [5, 5.41) is 0. The van der Waals surface area contributed by atoms with E-state index in [1.807, 2.05) is 0 Å². The lowest BCUT2D eigenvalue weighted by molar-refractivity contribution is 0.168. The maximum Gasteiger partial charge on any atom is -0.0352 e. The van der Waals surface area contributed by atoms with Gasteiger partial charge < -0.3 is 0 Å². The highest BCUT2D eigenvalue weighted by Crippen LogP contribution is 2.40. The second kappa shape index (κ2) is 4.48. The first-order chi connectivity index (χ1) is 5.99. The minimum Gasteiger partial charge on any atom is -0.0628 e. The molecule has 0 radical (unpaired) electrons. The first-order valence-electron chi connectivity index (χ1n) is 5.99. The molecule has 0 heteroatoms. The van der Waals surface area contributed by atoms with Gasteiger partial charge in [-0.15, -0.1) is 0 Å². The van der Waals surface area contributed by atoms with Gasteiger partial charge in [-0.05, 0) is 30.1 Å². The third-order valence-corrected chi connectivity index (χ3v) is 3.46. The molecule has 0 unspecified atom stereocenters.